The summed E-state index contributed by atoms with van der Waals surface area (Å²) in [4.78, 5) is 14.5. The summed E-state index contributed by atoms with van der Waals surface area (Å²) < 4.78 is 28.1. The average Bonchev–Trinajstić information content (AvgIpc) is 3.36. The van der Waals surface area contributed by atoms with Crippen molar-refractivity contribution in [1.29, 1.82) is 0 Å². The van der Waals surface area contributed by atoms with E-state index >= 15 is 0 Å². The monoisotopic (exact) mass is 407 g/mol. The van der Waals surface area contributed by atoms with Crippen molar-refractivity contribution in [3.05, 3.63) is 29.8 Å². The average molecular weight is 408 g/mol. The van der Waals surface area contributed by atoms with Crippen LogP contribution in [0.25, 0.3) is 0 Å². The van der Waals surface area contributed by atoms with Gasteiger partial charge in [0.2, 0.25) is 15.9 Å². The molecule has 156 valence electrons. The highest BCUT2D eigenvalue weighted by molar-refractivity contribution is 7.89. The summed E-state index contributed by atoms with van der Waals surface area (Å²) in [5, 5.41) is 0. The van der Waals surface area contributed by atoms with Crippen LogP contribution in [-0.2, 0) is 14.8 Å². The molecule has 0 bridgehead atoms. The second-order valence-electron chi connectivity index (χ2n) is 8.19. The van der Waals surface area contributed by atoms with Crippen LogP contribution in [0.4, 0.5) is 0 Å². The molecule has 0 aromatic heterocycles. The lowest BCUT2D eigenvalue weighted by Crippen LogP contribution is -2.40. The van der Waals surface area contributed by atoms with Crippen molar-refractivity contribution in [3.8, 4) is 0 Å². The lowest BCUT2D eigenvalue weighted by atomic mass is 9.87. The van der Waals surface area contributed by atoms with Gasteiger partial charge in [-0.15, -0.1) is 0 Å². The van der Waals surface area contributed by atoms with Gasteiger partial charge in [-0.05, 0) is 56.0 Å². The first-order valence-electron chi connectivity index (χ1n) is 10.5. The van der Waals surface area contributed by atoms with Crippen molar-refractivity contribution >= 4 is 15.9 Å². The minimum absolute atomic E-state index is 0.237. The number of carbonyl (C=O) groups excluding carboxylic acids is 1. The number of rotatable bonds is 9. The number of primary amides is 1. The van der Waals surface area contributed by atoms with Gasteiger partial charge in [-0.3, -0.25) is 9.69 Å². The molecule has 3 N–H and O–H groups in total. The zero-order chi connectivity index (χ0) is 20.1. The number of hydrogen-bond donors (Lipinski definition) is 2. The fourth-order valence-electron chi connectivity index (χ4n) is 4.71. The Hall–Kier alpha value is -1.44. The van der Waals surface area contributed by atoms with E-state index < -0.39 is 10.0 Å². The maximum Gasteiger partial charge on any atom is 0.240 e. The fourth-order valence-corrected chi connectivity index (χ4v) is 5.78. The summed E-state index contributed by atoms with van der Waals surface area (Å²) in [5.41, 5.74) is 6.45. The van der Waals surface area contributed by atoms with Gasteiger partial charge in [0, 0.05) is 12.6 Å². The van der Waals surface area contributed by atoms with Crippen molar-refractivity contribution in [3.63, 3.8) is 0 Å². The predicted molar refractivity (Wildman–Crippen MR) is 110 cm³/mol. The number of carbonyl (C=O) groups is 1. The third kappa shape index (κ3) is 5.13. The molecule has 7 heteroatoms. The maximum absolute atomic E-state index is 12.7. The number of likely N-dealkylation sites (tertiary alicyclic amines) is 1. The highest BCUT2D eigenvalue weighted by Crippen LogP contribution is 2.34. The minimum Gasteiger partial charge on any atom is -0.369 e. The lowest BCUT2D eigenvalue weighted by molar-refractivity contribution is -0.119. The molecule has 1 aromatic rings. The zero-order valence-electron chi connectivity index (χ0n) is 16.8. The predicted octanol–water partition coefficient (Wildman–Crippen LogP) is 2.60. The third-order valence-corrected chi connectivity index (χ3v) is 7.83. The molecule has 2 unspecified atom stereocenters. The van der Waals surface area contributed by atoms with Crippen LogP contribution in [0.15, 0.2) is 29.2 Å². The molecule has 1 aromatic carbocycles. The van der Waals surface area contributed by atoms with Gasteiger partial charge in [-0.2, -0.15) is 0 Å². The van der Waals surface area contributed by atoms with Crippen LogP contribution in [0.5, 0.6) is 0 Å². The molecule has 0 spiro atoms. The number of nitrogens with two attached hydrogens (primary N) is 1. The van der Waals surface area contributed by atoms with E-state index in [9.17, 15) is 13.2 Å². The van der Waals surface area contributed by atoms with Gasteiger partial charge in [0.25, 0.3) is 0 Å². The Labute approximate surface area is 168 Å². The van der Waals surface area contributed by atoms with Crippen molar-refractivity contribution in [2.24, 2.45) is 11.7 Å². The van der Waals surface area contributed by atoms with Gasteiger partial charge >= 0.3 is 0 Å². The summed E-state index contributed by atoms with van der Waals surface area (Å²) in [7, 11) is -3.56. The Morgan fingerprint density at radius 1 is 1.18 bits per heavy atom. The van der Waals surface area contributed by atoms with Gasteiger partial charge < -0.3 is 5.73 Å². The molecular formula is C21H33N3O3S. The standard InChI is InChI=1S/C21H33N3O3S/c1-2-24-13-5-8-18(24)15-23-28(26,27)19-11-9-17(10-12-19)20(21(22)25)14-16-6-3-4-7-16/h9-12,16,18,20,23H,2-8,13-15H2,1H3,(H2,22,25). The number of hydrogen-bond acceptors (Lipinski definition) is 4. The number of nitrogens with one attached hydrogen (secondary N) is 1. The molecule has 1 heterocycles. The Kier molecular flexibility index (Phi) is 7.12. The van der Waals surface area contributed by atoms with Crippen LogP contribution >= 0.6 is 0 Å². The van der Waals surface area contributed by atoms with E-state index in [1.807, 2.05) is 0 Å². The van der Waals surface area contributed by atoms with Gasteiger partial charge in [-0.1, -0.05) is 44.7 Å². The van der Waals surface area contributed by atoms with E-state index in [1.54, 1.807) is 24.3 Å². The first-order valence-corrected chi connectivity index (χ1v) is 12.0. The molecule has 2 fully saturated rings. The second kappa shape index (κ2) is 9.37. The first-order chi connectivity index (χ1) is 13.4. The van der Waals surface area contributed by atoms with Crippen LogP contribution in [-0.4, -0.2) is 44.9 Å². The van der Waals surface area contributed by atoms with E-state index in [0.29, 0.717) is 12.5 Å². The number of benzene rings is 1. The SMILES string of the molecule is CCN1CCCC1CNS(=O)(=O)c1ccc(C(CC2CCCC2)C(N)=O)cc1. The molecule has 2 atom stereocenters. The summed E-state index contributed by atoms with van der Waals surface area (Å²) in [6.45, 7) is 4.51. The topological polar surface area (TPSA) is 92.5 Å². The van der Waals surface area contributed by atoms with Crippen LogP contribution in [0.1, 0.15) is 63.4 Å². The van der Waals surface area contributed by atoms with Crippen molar-refractivity contribution in [2.45, 2.75) is 68.7 Å². The molecule has 1 aliphatic heterocycles. The molecule has 1 saturated heterocycles. The summed E-state index contributed by atoms with van der Waals surface area (Å²) in [5.74, 6) is -0.138. The quantitative estimate of drug-likeness (QED) is 0.658. The third-order valence-electron chi connectivity index (χ3n) is 6.39. The molecule has 0 radical (unpaired) electrons. The molecular weight excluding hydrogens is 374 g/mol. The van der Waals surface area contributed by atoms with E-state index in [-0.39, 0.29) is 22.8 Å². The van der Waals surface area contributed by atoms with Crippen molar-refractivity contribution in [1.82, 2.24) is 9.62 Å². The molecule has 1 amide bonds. The van der Waals surface area contributed by atoms with E-state index in [0.717, 1.165) is 50.8 Å². The van der Waals surface area contributed by atoms with E-state index in [4.69, 9.17) is 5.73 Å². The van der Waals surface area contributed by atoms with E-state index in [1.165, 1.54) is 12.8 Å². The number of sulfonamides is 1. The molecule has 6 nitrogen and oxygen atoms in total. The lowest BCUT2D eigenvalue weighted by Gasteiger charge is -2.23. The first kappa shape index (κ1) is 21.3. The molecule has 28 heavy (non-hydrogen) atoms. The maximum atomic E-state index is 12.7. The van der Waals surface area contributed by atoms with Gasteiger partial charge in [0.1, 0.15) is 0 Å². The van der Waals surface area contributed by atoms with Crippen LogP contribution in [0.3, 0.4) is 0 Å². The Balaban J connectivity index is 1.65. The van der Waals surface area contributed by atoms with Crippen LogP contribution in [0.2, 0.25) is 0 Å². The smallest absolute Gasteiger partial charge is 0.240 e. The summed E-state index contributed by atoms with van der Waals surface area (Å²) in [6.07, 6.45) is 7.63. The van der Waals surface area contributed by atoms with Gasteiger partial charge in [-0.25, -0.2) is 13.1 Å². The van der Waals surface area contributed by atoms with Gasteiger partial charge in [0.05, 0.1) is 10.8 Å². The molecule has 1 aliphatic carbocycles. The zero-order valence-corrected chi connectivity index (χ0v) is 17.6. The molecule has 3 rings (SSSR count). The Morgan fingerprint density at radius 2 is 1.86 bits per heavy atom. The normalized spacial score (nSPS) is 22.5. The number of amides is 1. The molecule has 1 saturated carbocycles. The summed E-state index contributed by atoms with van der Waals surface area (Å²) in [6, 6.07) is 6.94. The Morgan fingerprint density at radius 3 is 2.46 bits per heavy atom. The summed E-state index contributed by atoms with van der Waals surface area (Å²) >= 11 is 0. The van der Waals surface area contributed by atoms with Crippen molar-refractivity contribution in [2.75, 3.05) is 19.6 Å². The van der Waals surface area contributed by atoms with E-state index in [2.05, 4.69) is 16.5 Å². The number of nitrogens with zero attached hydrogens (tertiary/aromatic N) is 1. The highest BCUT2D eigenvalue weighted by Gasteiger charge is 2.27. The molecule has 2 aliphatic rings. The largest absolute Gasteiger partial charge is 0.369 e. The van der Waals surface area contributed by atoms with Gasteiger partial charge in [0.15, 0.2) is 0 Å². The van der Waals surface area contributed by atoms with Crippen LogP contribution < -0.4 is 10.5 Å². The number of likely N-dealkylation sites (N-methyl/N-ethyl adjacent to an activating group) is 1. The highest BCUT2D eigenvalue weighted by atomic mass is 32.2. The fraction of sp³-hybridized carbons (Fsp3) is 0.667. The second-order valence-corrected chi connectivity index (χ2v) is 9.95. The Bertz CT molecular complexity index is 758. The van der Waals surface area contributed by atoms with Crippen LogP contribution in [0, 0.1) is 5.92 Å². The van der Waals surface area contributed by atoms with Crippen molar-refractivity contribution < 1.29 is 13.2 Å². The minimum atomic E-state index is -3.56.